The molecule has 0 aliphatic rings. The summed E-state index contributed by atoms with van der Waals surface area (Å²) in [6, 6.07) is 0. The summed E-state index contributed by atoms with van der Waals surface area (Å²) in [5, 5.41) is 0. The van der Waals surface area contributed by atoms with Gasteiger partial charge in [0.05, 0.1) is 0 Å². The quantitative estimate of drug-likeness (QED) is 0.531. The first-order chi connectivity index (χ1) is 2.41. The molecule has 0 heterocycles. The summed E-state index contributed by atoms with van der Waals surface area (Å²) in [6.45, 7) is 4.00. The van der Waals surface area contributed by atoms with Gasteiger partial charge in [0, 0.05) is 0 Å². The third kappa shape index (κ3) is 36.9. The van der Waals surface area contributed by atoms with Crippen LogP contribution in [0.15, 0.2) is 0 Å². The minimum absolute atomic E-state index is 0.226. The fraction of sp³-hybridized carbons (Fsp3) is 1.00. The Hall–Kier alpha value is 1.20. The molecule has 0 aromatic carbocycles. The van der Waals surface area contributed by atoms with Crippen molar-refractivity contribution in [3.05, 3.63) is 0 Å². The Morgan fingerprint density at radius 1 is 1.20 bits per heavy atom. The Kier molecular flexibility index (Phi) is 36.0. The molecule has 37 valence electrons. The Morgan fingerprint density at radius 3 is 1.20 bits per heavy atom. The van der Waals surface area contributed by atoms with E-state index in [9.17, 15) is 0 Å². The third-order valence-electron chi connectivity index (χ3n) is 0. The van der Waals surface area contributed by atoms with E-state index < -0.39 is 0 Å². The van der Waals surface area contributed by atoms with E-state index in [1.807, 2.05) is 13.8 Å². The minimum atomic E-state index is -0.226. The average molecular weight is 204 g/mol. The zero-order chi connectivity index (χ0) is 4.71. The molecule has 0 fully saturated rings. The normalized spacial score (nSPS) is 5.60. The van der Waals surface area contributed by atoms with Gasteiger partial charge in [0.15, 0.2) is 0 Å². The predicted molar refractivity (Wildman–Crippen MR) is 23.1 cm³/mol. The first-order valence-corrected chi connectivity index (χ1v) is 5.47. The van der Waals surface area contributed by atoms with Gasteiger partial charge in [0.2, 0.25) is 0 Å². The molecule has 0 aromatic heterocycles. The molecule has 0 N–H and O–H groups in total. The van der Waals surface area contributed by atoms with Crippen molar-refractivity contribution in [3.8, 4) is 0 Å². The fourth-order valence-electron chi connectivity index (χ4n) is 0. The maximum atomic E-state index is 4.83. The molecule has 0 aliphatic heterocycles. The Bertz CT molecular complexity index is 7.61. The first-order valence-electron chi connectivity index (χ1n) is 1.25. The van der Waals surface area contributed by atoms with Crippen LogP contribution in [-0.2, 0) is 15.1 Å². The molecule has 0 radical (unpaired) electrons. The van der Waals surface area contributed by atoms with Crippen LogP contribution < -0.4 is 0 Å². The van der Waals surface area contributed by atoms with Crippen molar-refractivity contribution in [3.63, 3.8) is 0 Å². The summed E-state index contributed by atoms with van der Waals surface area (Å²) in [5.41, 5.74) is 0. The van der Waals surface area contributed by atoms with Gasteiger partial charge in [-0.15, -0.1) is 0 Å². The topological polar surface area (TPSA) is 0 Å². The van der Waals surface area contributed by atoms with Crippen molar-refractivity contribution in [2.45, 2.75) is 13.8 Å². The van der Waals surface area contributed by atoms with Gasteiger partial charge in [-0.3, -0.25) is 0 Å². The van der Waals surface area contributed by atoms with Crippen molar-refractivity contribution < 1.29 is 15.1 Å². The SMILES string of the molecule is CC.[Cl][Rh][Cl]. The van der Waals surface area contributed by atoms with E-state index in [2.05, 4.69) is 0 Å². The van der Waals surface area contributed by atoms with E-state index in [4.69, 9.17) is 19.4 Å². The molecule has 5 heavy (non-hydrogen) atoms. The van der Waals surface area contributed by atoms with Gasteiger partial charge in [-0.25, -0.2) is 0 Å². The Balaban J connectivity index is 0. The van der Waals surface area contributed by atoms with E-state index in [0.717, 1.165) is 0 Å². The summed E-state index contributed by atoms with van der Waals surface area (Å²) < 4.78 is 0. The summed E-state index contributed by atoms with van der Waals surface area (Å²) in [5.74, 6) is 0. The summed E-state index contributed by atoms with van der Waals surface area (Å²) in [4.78, 5) is 0. The van der Waals surface area contributed by atoms with Crippen molar-refractivity contribution in [2.75, 3.05) is 0 Å². The number of hydrogen-bond acceptors (Lipinski definition) is 0. The Morgan fingerprint density at radius 2 is 1.20 bits per heavy atom. The van der Waals surface area contributed by atoms with Crippen molar-refractivity contribution >= 4 is 19.4 Å². The molecular formula is C2H6Cl2Rh. The molecule has 0 bridgehead atoms. The number of rotatable bonds is 0. The van der Waals surface area contributed by atoms with Crippen LogP contribution in [0, 0.1) is 0 Å². The first kappa shape index (κ1) is 9.51. The molecule has 0 aliphatic carbocycles. The molecule has 0 aromatic rings. The second kappa shape index (κ2) is 18.9. The molecule has 0 nitrogen and oxygen atoms in total. The molecule has 0 unspecified atom stereocenters. The van der Waals surface area contributed by atoms with Gasteiger partial charge in [-0.2, -0.15) is 0 Å². The second-order valence-electron chi connectivity index (χ2n) is 0.0476. The van der Waals surface area contributed by atoms with Crippen LogP contribution in [0.5, 0.6) is 0 Å². The van der Waals surface area contributed by atoms with Crippen molar-refractivity contribution in [1.29, 1.82) is 0 Å². The van der Waals surface area contributed by atoms with Crippen LogP contribution in [0.4, 0.5) is 0 Å². The monoisotopic (exact) mass is 203 g/mol. The molecule has 0 saturated heterocycles. The van der Waals surface area contributed by atoms with Crippen LogP contribution >= 0.6 is 19.4 Å². The second-order valence-corrected chi connectivity index (χ2v) is 2.54. The van der Waals surface area contributed by atoms with E-state index in [0.29, 0.717) is 0 Å². The van der Waals surface area contributed by atoms with Gasteiger partial charge in [0.25, 0.3) is 0 Å². The van der Waals surface area contributed by atoms with Gasteiger partial charge >= 0.3 is 34.5 Å². The molecule has 0 atom stereocenters. The predicted octanol–water partition coefficient (Wildman–Crippen LogP) is 2.40. The van der Waals surface area contributed by atoms with Gasteiger partial charge < -0.3 is 0 Å². The number of hydrogen-bond donors (Lipinski definition) is 0. The van der Waals surface area contributed by atoms with Crippen LogP contribution in [0.2, 0.25) is 0 Å². The van der Waals surface area contributed by atoms with Gasteiger partial charge in [0.1, 0.15) is 0 Å². The van der Waals surface area contributed by atoms with Gasteiger partial charge in [-0.1, -0.05) is 13.8 Å². The zero-order valence-electron chi connectivity index (χ0n) is 3.09. The molecule has 0 saturated carbocycles. The molecule has 0 rings (SSSR count). The van der Waals surface area contributed by atoms with E-state index >= 15 is 0 Å². The summed E-state index contributed by atoms with van der Waals surface area (Å²) in [7, 11) is 9.67. The van der Waals surface area contributed by atoms with Crippen LogP contribution in [0.25, 0.3) is 0 Å². The van der Waals surface area contributed by atoms with E-state index in [-0.39, 0.29) is 15.1 Å². The zero-order valence-corrected chi connectivity index (χ0v) is 6.24. The molecule has 0 amide bonds. The van der Waals surface area contributed by atoms with Crippen LogP contribution in [0.1, 0.15) is 13.8 Å². The summed E-state index contributed by atoms with van der Waals surface area (Å²) >= 11 is -0.226. The standard InChI is InChI=1S/C2H6.2ClH.Rh/c1-2;;;/h1-2H3;2*1H;/q;;;+2/p-2. The van der Waals surface area contributed by atoms with E-state index in [1.54, 1.807) is 0 Å². The summed E-state index contributed by atoms with van der Waals surface area (Å²) in [6.07, 6.45) is 0. The third-order valence-corrected chi connectivity index (χ3v) is 0. The maximum absolute atomic E-state index is 4.83. The average Bonchev–Trinajstić information content (AvgIpc) is 1.46. The van der Waals surface area contributed by atoms with E-state index in [1.165, 1.54) is 0 Å². The number of halogens is 2. The van der Waals surface area contributed by atoms with Crippen molar-refractivity contribution in [1.82, 2.24) is 0 Å². The molecular weight excluding hydrogens is 198 g/mol. The van der Waals surface area contributed by atoms with Crippen LogP contribution in [0.3, 0.4) is 0 Å². The van der Waals surface area contributed by atoms with Crippen LogP contribution in [-0.4, -0.2) is 0 Å². The van der Waals surface area contributed by atoms with Gasteiger partial charge in [-0.05, 0) is 0 Å². The molecule has 3 heteroatoms. The fourth-order valence-corrected chi connectivity index (χ4v) is 0. The molecule has 0 spiro atoms. The Labute approximate surface area is 48.5 Å². The van der Waals surface area contributed by atoms with Crippen molar-refractivity contribution in [2.24, 2.45) is 0 Å².